The molecule has 0 aliphatic heterocycles. The number of anilines is 1. The highest BCUT2D eigenvalue weighted by Gasteiger charge is 2.00. The summed E-state index contributed by atoms with van der Waals surface area (Å²) in [6.07, 6.45) is 0. The number of rotatable bonds is 3. The van der Waals surface area contributed by atoms with E-state index in [9.17, 15) is 0 Å². The predicted octanol–water partition coefficient (Wildman–Crippen LogP) is 2.75. The zero-order chi connectivity index (χ0) is 10.7. The lowest BCUT2D eigenvalue weighted by Gasteiger charge is -2.00. The lowest BCUT2D eigenvalue weighted by molar-refractivity contribution is 0.425. The normalized spacial score (nSPS) is 10.3. The SMILES string of the molecule is Cc1noc(NCc2ccc(Br)cc2)n1. The van der Waals surface area contributed by atoms with Gasteiger partial charge < -0.3 is 9.84 Å². The van der Waals surface area contributed by atoms with Crippen LogP contribution in [0.1, 0.15) is 11.4 Å². The molecular weight excluding hydrogens is 258 g/mol. The van der Waals surface area contributed by atoms with Crippen LogP contribution in [0.5, 0.6) is 0 Å². The van der Waals surface area contributed by atoms with E-state index in [1.807, 2.05) is 24.3 Å². The van der Waals surface area contributed by atoms with E-state index in [0.717, 1.165) is 10.0 Å². The molecule has 78 valence electrons. The second kappa shape index (κ2) is 4.44. The zero-order valence-corrected chi connectivity index (χ0v) is 9.78. The molecule has 0 radical (unpaired) electrons. The van der Waals surface area contributed by atoms with Gasteiger partial charge >= 0.3 is 6.01 Å². The Morgan fingerprint density at radius 2 is 2.07 bits per heavy atom. The first-order valence-corrected chi connectivity index (χ1v) is 5.32. The van der Waals surface area contributed by atoms with Crippen LogP contribution in [0.25, 0.3) is 0 Å². The Morgan fingerprint density at radius 3 is 2.67 bits per heavy atom. The minimum absolute atomic E-state index is 0.454. The summed E-state index contributed by atoms with van der Waals surface area (Å²) >= 11 is 3.38. The molecule has 0 saturated carbocycles. The van der Waals surface area contributed by atoms with Crippen LogP contribution in [0.15, 0.2) is 33.3 Å². The van der Waals surface area contributed by atoms with E-state index in [0.29, 0.717) is 18.4 Å². The topological polar surface area (TPSA) is 51.0 Å². The fourth-order valence-corrected chi connectivity index (χ4v) is 1.41. The average molecular weight is 268 g/mol. The summed E-state index contributed by atoms with van der Waals surface area (Å²) < 4.78 is 6.00. The smallest absolute Gasteiger partial charge is 0.321 e. The number of hydrogen-bond acceptors (Lipinski definition) is 4. The Bertz CT molecular complexity index is 438. The second-order valence-electron chi connectivity index (χ2n) is 3.13. The maximum atomic E-state index is 4.93. The van der Waals surface area contributed by atoms with Crippen molar-refractivity contribution in [1.82, 2.24) is 10.1 Å². The van der Waals surface area contributed by atoms with Crippen LogP contribution in [0, 0.1) is 6.92 Å². The van der Waals surface area contributed by atoms with Gasteiger partial charge in [0.2, 0.25) is 0 Å². The van der Waals surface area contributed by atoms with E-state index in [4.69, 9.17) is 4.52 Å². The third-order valence-corrected chi connectivity index (χ3v) is 2.41. The van der Waals surface area contributed by atoms with E-state index < -0.39 is 0 Å². The molecule has 0 bridgehead atoms. The largest absolute Gasteiger partial charge is 0.334 e. The van der Waals surface area contributed by atoms with Gasteiger partial charge in [0.25, 0.3) is 0 Å². The summed E-state index contributed by atoms with van der Waals surface area (Å²) in [5, 5.41) is 6.73. The van der Waals surface area contributed by atoms with E-state index in [-0.39, 0.29) is 0 Å². The summed E-state index contributed by atoms with van der Waals surface area (Å²) in [5.74, 6) is 0.633. The fraction of sp³-hybridized carbons (Fsp3) is 0.200. The summed E-state index contributed by atoms with van der Waals surface area (Å²) in [6.45, 7) is 2.46. The molecule has 0 aliphatic carbocycles. The monoisotopic (exact) mass is 267 g/mol. The van der Waals surface area contributed by atoms with Crippen LogP contribution < -0.4 is 5.32 Å². The van der Waals surface area contributed by atoms with Crippen molar-refractivity contribution in [1.29, 1.82) is 0 Å². The molecular formula is C10H10BrN3O. The number of aromatic nitrogens is 2. The average Bonchev–Trinajstić information content (AvgIpc) is 2.64. The van der Waals surface area contributed by atoms with Gasteiger partial charge in [0, 0.05) is 11.0 Å². The van der Waals surface area contributed by atoms with Gasteiger partial charge in [0.05, 0.1) is 0 Å². The molecule has 15 heavy (non-hydrogen) atoms. The minimum atomic E-state index is 0.454. The van der Waals surface area contributed by atoms with Gasteiger partial charge in [-0.05, 0) is 24.6 Å². The molecule has 0 fully saturated rings. The summed E-state index contributed by atoms with van der Waals surface area (Å²) in [5.41, 5.74) is 1.16. The van der Waals surface area contributed by atoms with Crippen molar-refractivity contribution >= 4 is 21.9 Å². The van der Waals surface area contributed by atoms with Gasteiger partial charge in [-0.25, -0.2) is 0 Å². The number of hydrogen-bond donors (Lipinski definition) is 1. The zero-order valence-electron chi connectivity index (χ0n) is 8.20. The van der Waals surface area contributed by atoms with Crippen LogP contribution in [-0.2, 0) is 6.54 Å². The molecule has 2 aromatic rings. The number of halogens is 1. The molecule has 0 spiro atoms. The number of nitrogens with zero attached hydrogens (tertiary/aromatic N) is 2. The number of aryl methyl sites for hydroxylation is 1. The standard InChI is InChI=1S/C10H10BrN3O/c1-7-13-10(15-14-7)12-6-8-2-4-9(11)5-3-8/h2-5H,6H2,1H3,(H,12,13,14). The fourth-order valence-electron chi connectivity index (χ4n) is 1.15. The highest BCUT2D eigenvalue weighted by Crippen LogP contribution is 2.11. The molecule has 0 unspecified atom stereocenters. The Morgan fingerprint density at radius 1 is 1.33 bits per heavy atom. The van der Waals surface area contributed by atoms with Crippen LogP contribution in [0.3, 0.4) is 0 Å². The molecule has 0 saturated heterocycles. The van der Waals surface area contributed by atoms with E-state index in [1.165, 1.54) is 0 Å². The molecule has 1 aromatic heterocycles. The van der Waals surface area contributed by atoms with E-state index >= 15 is 0 Å². The van der Waals surface area contributed by atoms with Crippen LogP contribution in [0.4, 0.5) is 6.01 Å². The molecule has 2 rings (SSSR count). The first-order chi connectivity index (χ1) is 7.24. The van der Waals surface area contributed by atoms with Crippen molar-refractivity contribution in [2.24, 2.45) is 0 Å². The van der Waals surface area contributed by atoms with Crippen molar-refractivity contribution in [3.8, 4) is 0 Å². The molecule has 0 amide bonds. The van der Waals surface area contributed by atoms with E-state index in [2.05, 4.69) is 31.4 Å². The Hall–Kier alpha value is -1.36. The van der Waals surface area contributed by atoms with Crippen molar-refractivity contribution in [2.45, 2.75) is 13.5 Å². The van der Waals surface area contributed by atoms with Crippen molar-refractivity contribution in [3.63, 3.8) is 0 Å². The maximum Gasteiger partial charge on any atom is 0.321 e. The Labute approximate surface area is 95.8 Å². The lowest BCUT2D eigenvalue weighted by Crippen LogP contribution is -1.99. The van der Waals surface area contributed by atoms with E-state index in [1.54, 1.807) is 6.92 Å². The third kappa shape index (κ3) is 2.79. The van der Waals surface area contributed by atoms with Gasteiger partial charge in [-0.3, -0.25) is 0 Å². The van der Waals surface area contributed by atoms with Gasteiger partial charge in [-0.1, -0.05) is 33.2 Å². The van der Waals surface area contributed by atoms with Gasteiger partial charge in [0.15, 0.2) is 5.82 Å². The molecule has 1 N–H and O–H groups in total. The Kier molecular flexibility index (Phi) is 3.01. The molecule has 4 nitrogen and oxygen atoms in total. The molecule has 5 heteroatoms. The second-order valence-corrected chi connectivity index (χ2v) is 4.04. The predicted molar refractivity (Wildman–Crippen MR) is 60.5 cm³/mol. The van der Waals surface area contributed by atoms with Gasteiger partial charge in [-0.15, -0.1) is 0 Å². The molecule has 1 heterocycles. The molecule has 0 atom stereocenters. The minimum Gasteiger partial charge on any atom is -0.334 e. The van der Waals surface area contributed by atoms with Crippen LogP contribution >= 0.6 is 15.9 Å². The number of benzene rings is 1. The van der Waals surface area contributed by atoms with Gasteiger partial charge in [0.1, 0.15) is 0 Å². The maximum absolute atomic E-state index is 4.93. The van der Waals surface area contributed by atoms with Crippen LogP contribution in [0.2, 0.25) is 0 Å². The third-order valence-electron chi connectivity index (χ3n) is 1.88. The van der Waals surface area contributed by atoms with Gasteiger partial charge in [-0.2, -0.15) is 4.98 Å². The Balaban J connectivity index is 1.96. The first-order valence-electron chi connectivity index (χ1n) is 4.52. The lowest BCUT2D eigenvalue weighted by atomic mass is 10.2. The highest BCUT2D eigenvalue weighted by molar-refractivity contribution is 9.10. The van der Waals surface area contributed by atoms with Crippen molar-refractivity contribution in [3.05, 3.63) is 40.1 Å². The highest BCUT2D eigenvalue weighted by atomic mass is 79.9. The molecule has 1 aromatic carbocycles. The summed E-state index contributed by atoms with van der Waals surface area (Å²) in [4.78, 5) is 4.05. The van der Waals surface area contributed by atoms with Crippen molar-refractivity contribution in [2.75, 3.05) is 5.32 Å². The van der Waals surface area contributed by atoms with Crippen LogP contribution in [-0.4, -0.2) is 10.1 Å². The quantitative estimate of drug-likeness (QED) is 0.929. The first kappa shape index (κ1) is 10.2. The summed E-state index contributed by atoms with van der Waals surface area (Å²) in [6, 6.07) is 8.50. The molecule has 0 aliphatic rings. The van der Waals surface area contributed by atoms with Crippen molar-refractivity contribution < 1.29 is 4.52 Å². The number of nitrogens with one attached hydrogen (secondary N) is 1. The summed E-state index contributed by atoms with van der Waals surface area (Å²) in [7, 11) is 0.